The summed E-state index contributed by atoms with van der Waals surface area (Å²) in [6.07, 6.45) is 1.72. The summed E-state index contributed by atoms with van der Waals surface area (Å²) in [6.45, 7) is 5.76. The molecule has 0 saturated carbocycles. The third-order valence-electron chi connectivity index (χ3n) is 3.28. The molecule has 2 heterocycles. The first kappa shape index (κ1) is 16.0. The van der Waals surface area contributed by atoms with Gasteiger partial charge in [0, 0.05) is 6.20 Å². The molecule has 0 aromatic carbocycles. The maximum atomic E-state index is 12.1. The van der Waals surface area contributed by atoms with E-state index in [9.17, 15) is 10.1 Å². The largest absolute Gasteiger partial charge is 0.308 e. The van der Waals surface area contributed by atoms with Crippen molar-refractivity contribution in [3.05, 3.63) is 39.8 Å². The topological polar surface area (TPSA) is 94.5 Å². The number of hydrogen-bond acceptors (Lipinski definition) is 4. The minimum Gasteiger partial charge on any atom is -0.308 e. The van der Waals surface area contributed by atoms with Crippen LogP contribution in [0.2, 0.25) is 5.15 Å². The lowest BCUT2D eigenvalue weighted by atomic mass is 10.1. The Kier molecular flexibility index (Phi) is 4.78. The number of halogens is 1. The fraction of sp³-hybridized carbons (Fsp3) is 0.333. The smallest absolute Gasteiger partial charge is 0.230 e. The molecule has 0 bridgehead atoms. The second kappa shape index (κ2) is 6.58. The number of aromatic nitrogens is 3. The summed E-state index contributed by atoms with van der Waals surface area (Å²) in [5, 5.41) is 19.1. The van der Waals surface area contributed by atoms with Crippen LogP contribution in [0.5, 0.6) is 0 Å². The highest BCUT2D eigenvalue weighted by molar-refractivity contribution is 6.29. The van der Waals surface area contributed by atoms with E-state index in [1.807, 2.05) is 20.8 Å². The van der Waals surface area contributed by atoms with Crippen molar-refractivity contribution >= 4 is 23.3 Å². The number of anilines is 1. The quantitative estimate of drug-likeness (QED) is 0.848. The average Bonchev–Trinajstić information content (AvgIpc) is 2.84. The molecule has 2 rings (SSSR count). The molecular formula is C15H16ClN5O. The Morgan fingerprint density at radius 2 is 2.27 bits per heavy atom. The van der Waals surface area contributed by atoms with E-state index in [1.165, 1.54) is 0 Å². The fourth-order valence-corrected chi connectivity index (χ4v) is 2.27. The molecule has 0 fully saturated rings. The molecule has 0 radical (unpaired) electrons. The van der Waals surface area contributed by atoms with Gasteiger partial charge in [0.1, 0.15) is 16.8 Å². The number of nitriles is 1. The molecule has 2 N–H and O–H groups in total. The van der Waals surface area contributed by atoms with Gasteiger partial charge in [-0.25, -0.2) is 4.98 Å². The summed E-state index contributed by atoms with van der Waals surface area (Å²) in [5.74, 6) is 0.122. The summed E-state index contributed by atoms with van der Waals surface area (Å²) in [5.41, 5.74) is 2.75. The van der Waals surface area contributed by atoms with Crippen molar-refractivity contribution < 1.29 is 4.79 Å². The van der Waals surface area contributed by atoms with Crippen molar-refractivity contribution in [1.29, 1.82) is 5.26 Å². The van der Waals surface area contributed by atoms with Gasteiger partial charge in [-0.1, -0.05) is 25.4 Å². The van der Waals surface area contributed by atoms with Crippen LogP contribution >= 0.6 is 11.6 Å². The number of H-pyrrole nitrogens is 1. The van der Waals surface area contributed by atoms with Crippen LogP contribution in [0.25, 0.3) is 0 Å². The van der Waals surface area contributed by atoms with E-state index in [2.05, 4.69) is 26.6 Å². The summed E-state index contributed by atoms with van der Waals surface area (Å²) >= 11 is 5.79. The van der Waals surface area contributed by atoms with E-state index in [1.54, 1.807) is 12.3 Å². The molecule has 2 aromatic heterocycles. The number of nitrogens with one attached hydrogen (secondary N) is 2. The first-order chi connectivity index (χ1) is 10.4. The second-order valence-corrected chi connectivity index (χ2v) is 5.67. The SMILES string of the molecule is Cc1cc(Cl)ncc1CC(=O)Nc1n[nH]c(C(C)C)c1C#N. The van der Waals surface area contributed by atoms with Gasteiger partial charge in [0.05, 0.1) is 12.1 Å². The standard InChI is InChI=1S/C15H16ClN5O/c1-8(2)14-11(6-17)15(21-20-14)19-13(22)5-10-7-18-12(16)4-9(10)3/h4,7-8H,5H2,1-3H3,(H2,19,20,21,22). The van der Waals surface area contributed by atoms with E-state index in [-0.39, 0.29) is 24.1 Å². The van der Waals surface area contributed by atoms with Crippen LogP contribution in [0.1, 0.15) is 42.1 Å². The van der Waals surface area contributed by atoms with Crippen molar-refractivity contribution in [2.75, 3.05) is 5.32 Å². The predicted molar refractivity (Wildman–Crippen MR) is 83.7 cm³/mol. The molecule has 7 heteroatoms. The van der Waals surface area contributed by atoms with Crippen LogP contribution in [0.4, 0.5) is 5.82 Å². The lowest BCUT2D eigenvalue weighted by Crippen LogP contribution is -2.16. The van der Waals surface area contributed by atoms with Crippen LogP contribution in [-0.2, 0) is 11.2 Å². The number of amides is 1. The molecule has 2 aromatic rings. The first-order valence-electron chi connectivity index (χ1n) is 6.81. The molecule has 0 spiro atoms. The Labute approximate surface area is 133 Å². The Hall–Kier alpha value is -2.39. The number of carbonyl (C=O) groups excluding carboxylic acids is 1. The van der Waals surface area contributed by atoms with Crippen LogP contribution < -0.4 is 5.32 Å². The number of aromatic amines is 1. The minimum atomic E-state index is -0.259. The zero-order valence-corrected chi connectivity index (χ0v) is 13.3. The Bertz CT molecular complexity index is 745. The maximum absolute atomic E-state index is 12.1. The van der Waals surface area contributed by atoms with Gasteiger partial charge in [-0.2, -0.15) is 10.4 Å². The van der Waals surface area contributed by atoms with E-state index in [0.717, 1.165) is 11.1 Å². The van der Waals surface area contributed by atoms with Crippen molar-refractivity contribution in [3.8, 4) is 6.07 Å². The number of carbonyl (C=O) groups is 1. The highest BCUT2D eigenvalue weighted by Crippen LogP contribution is 2.22. The molecule has 22 heavy (non-hydrogen) atoms. The van der Waals surface area contributed by atoms with Crippen LogP contribution in [0.15, 0.2) is 12.3 Å². The van der Waals surface area contributed by atoms with Crippen LogP contribution in [0, 0.1) is 18.3 Å². The van der Waals surface area contributed by atoms with Crippen LogP contribution in [0.3, 0.4) is 0 Å². The average molecular weight is 318 g/mol. The summed E-state index contributed by atoms with van der Waals surface area (Å²) in [6, 6.07) is 3.78. The van der Waals surface area contributed by atoms with E-state index in [0.29, 0.717) is 16.4 Å². The zero-order chi connectivity index (χ0) is 16.3. The fourth-order valence-electron chi connectivity index (χ4n) is 2.06. The molecule has 114 valence electrons. The highest BCUT2D eigenvalue weighted by atomic mass is 35.5. The van der Waals surface area contributed by atoms with Gasteiger partial charge in [-0.3, -0.25) is 9.89 Å². The van der Waals surface area contributed by atoms with Gasteiger partial charge >= 0.3 is 0 Å². The molecule has 0 unspecified atom stereocenters. The summed E-state index contributed by atoms with van der Waals surface area (Å²) in [7, 11) is 0. The number of aryl methyl sites for hydroxylation is 1. The molecule has 0 atom stereocenters. The number of hydrogen-bond donors (Lipinski definition) is 2. The summed E-state index contributed by atoms with van der Waals surface area (Å²) < 4.78 is 0. The van der Waals surface area contributed by atoms with Crippen molar-refractivity contribution in [2.45, 2.75) is 33.1 Å². The molecular weight excluding hydrogens is 302 g/mol. The van der Waals surface area contributed by atoms with Crippen LogP contribution in [-0.4, -0.2) is 21.1 Å². The maximum Gasteiger partial charge on any atom is 0.230 e. The Morgan fingerprint density at radius 3 is 2.86 bits per heavy atom. The van der Waals surface area contributed by atoms with Gasteiger partial charge in [0.15, 0.2) is 5.82 Å². The predicted octanol–water partition coefficient (Wildman–Crippen LogP) is 2.94. The molecule has 0 saturated heterocycles. The van der Waals surface area contributed by atoms with Gasteiger partial charge in [-0.05, 0) is 30.0 Å². The second-order valence-electron chi connectivity index (χ2n) is 5.29. The lowest BCUT2D eigenvalue weighted by Gasteiger charge is -2.06. The van der Waals surface area contributed by atoms with Crippen molar-refractivity contribution in [2.24, 2.45) is 0 Å². The molecule has 1 amide bonds. The Balaban J connectivity index is 2.14. The molecule has 0 aliphatic carbocycles. The zero-order valence-electron chi connectivity index (χ0n) is 12.6. The number of pyridine rings is 1. The van der Waals surface area contributed by atoms with E-state index < -0.39 is 0 Å². The van der Waals surface area contributed by atoms with Crippen molar-refractivity contribution in [1.82, 2.24) is 15.2 Å². The summed E-state index contributed by atoms with van der Waals surface area (Å²) in [4.78, 5) is 16.1. The number of rotatable bonds is 4. The molecule has 0 aliphatic rings. The van der Waals surface area contributed by atoms with Crippen molar-refractivity contribution in [3.63, 3.8) is 0 Å². The lowest BCUT2D eigenvalue weighted by molar-refractivity contribution is -0.115. The third kappa shape index (κ3) is 3.43. The van der Waals surface area contributed by atoms with E-state index in [4.69, 9.17) is 11.6 Å². The van der Waals surface area contributed by atoms with Gasteiger partial charge < -0.3 is 5.32 Å². The van der Waals surface area contributed by atoms with Gasteiger partial charge in [0.2, 0.25) is 5.91 Å². The third-order valence-corrected chi connectivity index (χ3v) is 3.48. The highest BCUT2D eigenvalue weighted by Gasteiger charge is 2.17. The molecule has 0 aliphatic heterocycles. The van der Waals surface area contributed by atoms with Gasteiger partial charge in [0.25, 0.3) is 0 Å². The monoisotopic (exact) mass is 317 g/mol. The minimum absolute atomic E-state index is 0.121. The molecule has 6 nitrogen and oxygen atoms in total. The number of nitrogens with zero attached hydrogens (tertiary/aromatic N) is 3. The first-order valence-corrected chi connectivity index (χ1v) is 7.19. The normalized spacial score (nSPS) is 10.5. The van der Waals surface area contributed by atoms with E-state index >= 15 is 0 Å². The van der Waals surface area contributed by atoms with Gasteiger partial charge in [-0.15, -0.1) is 0 Å². The Morgan fingerprint density at radius 1 is 1.55 bits per heavy atom.